The highest BCUT2D eigenvalue weighted by Gasteiger charge is 2.28. The molecule has 0 bridgehead atoms. The summed E-state index contributed by atoms with van der Waals surface area (Å²) >= 11 is 0. The fourth-order valence-corrected chi connectivity index (χ4v) is 2.12. The lowest BCUT2D eigenvalue weighted by atomic mass is 10.2. The predicted molar refractivity (Wildman–Crippen MR) is 65.4 cm³/mol. The standard InChI is InChI=1S/C13H18N2O2/c14-9-12-7-4-8-15(12)13(16)17-10-11-5-2-1-3-6-11/h1-3,5-6,12H,4,7-10,14H2/t12-/m1/s1. The highest BCUT2D eigenvalue weighted by Crippen LogP contribution is 2.17. The van der Waals surface area contributed by atoms with Crippen molar-refractivity contribution in [3.63, 3.8) is 0 Å². The van der Waals surface area contributed by atoms with E-state index in [4.69, 9.17) is 10.5 Å². The summed E-state index contributed by atoms with van der Waals surface area (Å²) in [6.45, 7) is 1.60. The van der Waals surface area contributed by atoms with Crippen molar-refractivity contribution in [1.82, 2.24) is 4.90 Å². The summed E-state index contributed by atoms with van der Waals surface area (Å²) < 4.78 is 5.28. The molecular formula is C13H18N2O2. The molecule has 1 aromatic rings. The van der Waals surface area contributed by atoms with Crippen LogP contribution in [0.5, 0.6) is 0 Å². The molecule has 1 saturated heterocycles. The van der Waals surface area contributed by atoms with Gasteiger partial charge in [0, 0.05) is 19.1 Å². The average Bonchev–Trinajstić information content (AvgIpc) is 2.85. The molecule has 1 heterocycles. The van der Waals surface area contributed by atoms with Crippen molar-refractivity contribution in [1.29, 1.82) is 0 Å². The molecule has 1 atom stereocenters. The molecule has 1 aliphatic heterocycles. The molecule has 1 fully saturated rings. The Morgan fingerprint density at radius 3 is 2.88 bits per heavy atom. The Morgan fingerprint density at radius 2 is 2.18 bits per heavy atom. The maximum atomic E-state index is 11.8. The quantitative estimate of drug-likeness (QED) is 0.866. The van der Waals surface area contributed by atoms with Crippen molar-refractivity contribution in [3.05, 3.63) is 35.9 Å². The predicted octanol–water partition coefficient (Wildman–Crippen LogP) is 1.75. The SMILES string of the molecule is NC[C@H]1CCCN1C(=O)OCc1ccccc1. The molecule has 2 N–H and O–H groups in total. The molecule has 92 valence electrons. The Morgan fingerprint density at radius 1 is 1.41 bits per heavy atom. The Labute approximate surface area is 101 Å². The van der Waals surface area contributed by atoms with Crippen molar-refractivity contribution >= 4 is 6.09 Å². The van der Waals surface area contributed by atoms with Gasteiger partial charge in [0.1, 0.15) is 6.61 Å². The second-order valence-electron chi connectivity index (χ2n) is 4.27. The molecule has 1 amide bonds. The van der Waals surface area contributed by atoms with E-state index in [1.165, 1.54) is 0 Å². The highest BCUT2D eigenvalue weighted by atomic mass is 16.6. The third kappa shape index (κ3) is 2.97. The molecule has 0 radical (unpaired) electrons. The minimum absolute atomic E-state index is 0.151. The van der Waals surface area contributed by atoms with Gasteiger partial charge in [0.25, 0.3) is 0 Å². The normalized spacial score (nSPS) is 19.4. The van der Waals surface area contributed by atoms with Gasteiger partial charge in [0.15, 0.2) is 0 Å². The monoisotopic (exact) mass is 234 g/mol. The first kappa shape index (κ1) is 11.9. The number of ether oxygens (including phenoxy) is 1. The molecule has 0 saturated carbocycles. The van der Waals surface area contributed by atoms with Crippen LogP contribution in [0, 0.1) is 0 Å². The summed E-state index contributed by atoms with van der Waals surface area (Å²) in [4.78, 5) is 13.6. The van der Waals surface area contributed by atoms with Crippen LogP contribution in [0.3, 0.4) is 0 Å². The topological polar surface area (TPSA) is 55.6 Å². The number of nitrogens with two attached hydrogens (primary N) is 1. The highest BCUT2D eigenvalue weighted by molar-refractivity contribution is 5.68. The van der Waals surface area contributed by atoms with E-state index in [-0.39, 0.29) is 12.1 Å². The number of nitrogens with zero attached hydrogens (tertiary/aromatic N) is 1. The summed E-state index contributed by atoms with van der Waals surface area (Å²) in [5.74, 6) is 0. The molecule has 2 rings (SSSR count). The maximum absolute atomic E-state index is 11.8. The molecule has 0 spiro atoms. The van der Waals surface area contributed by atoms with Gasteiger partial charge in [-0.05, 0) is 18.4 Å². The van der Waals surface area contributed by atoms with Gasteiger partial charge in [-0.2, -0.15) is 0 Å². The fraction of sp³-hybridized carbons (Fsp3) is 0.462. The lowest BCUT2D eigenvalue weighted by Gasteiger charge is -2.22. The van der Waals surface area contributed by atoms with Crippen molar-refractivity contribution in [2.24, 2.45) is 5.73 Å². The van der Waals surface area contributed by atoms with Gasteiger partial charge in [0.2, 0.25) is 0 Å². The molecule has 4 nitrogen and oxygen atoms in total. The molecule has 0 unspecified atom stereocenters. The largest absolute Gasteiger partial charge is 0.445 e. The van der Waals surface area contributed by atoms with E-state index in [1.54, 1.807) is 4.90 Å². The Bertz CT molecular complexity index is 367. The van der Waals surface area contributed by atoms with E-state index < -0.39 is 0 Å². The minimum Gasteiger partial charge on any atom is -0.445 e. The maximum Gasteiger partial charge on any atom is 0.410 e. The van der Waals surface area contributed by atoms with Crippen LogP contribution in [-0.2, 0) is 11.3 Å². The number of likely N-dealkylation sites (tertiary alicyclic amines) is 1. The van der Waals surface area contributed by atoms with Gasteiger partial charge >= 0.3 is 6.09 Å². The molecule has 0 aliphatic carbocycles. The van der Waals surface area contributed by atoms with Gasteiger partial charge in [0.05, 0.1) is 0 Å². The van der Waals surface area contributed by atoms with Crippen molar-refractivity contribution in [2.75, 3.05) is 13.1 Å². The first-order valence-electron chi connectivity index (χ1n) is 5.98. The van der Waals surface area contributed by atoms with Crippen LogP contribution < -0.4 is 5.73 Å². The number of carbonyl (C=O) groups is 1. The van der Waals surface area contributed by atoms with E-state index in [1.807, 2.05) is 30.3 Å². The van der Waals surface area contributed by atoms with Crippen LogP contribution in [-0.4, -0.2) is 30.1 Å². The van der Waals surface area contributed by atoms with Crippen molar-refractivity contribution in [2.45, 2.75) is 25.5 Å². The van der Waals surface area contributed by atoms with E-state index in [9.17, 15) is 4.79 Å². The summed E-state index contributed by atoms with van der Waals surface area (Å²) in [6, 6.07) is 9.84. The Balaban J connectivity index is 1.85. The van der Waals surface area contributed by atoms with Gasteiger partial charge in [-0.1, -0.05) is 30.3 Å². The van der Waals surface area contributed by atoms with Crippen molar-refractivity contribution < 1.29 is 9.53 Å². The second-order valence-corrected chi connectivity index (χ2v) is 4.27. The van der Waals surface area contributed by atoms with Crippen LogP contribution in [0.15, 0.2) is 30.3 Å². The summed E-state index contributed by atoms with van der Waals surface area (Å²) in [5, 5.41) is 0. The van der Waals surface area contributed by atoms with E-state index in [2.05, 4.69) is 0 Å². The van der Waals surface area contributed by atoms with Crippen LogP contribution in [0.25, 0.3) is 0 Å². The molecular weight excluding hydrogens is 216 g/mol. The lowest BCUT2D eigenvalue weighted by Crippen LogP contribution is -2.40. The third-order valence-corrected chi connectivity index (χ3v) is 3.09. The van der Waals surface area contributed by atoms with Crippen molar-refractivity contribution in [3.8, 4) is 0 Å². The first-order valence-corrected chi connectivity index (χ1v) is 5.98. The third-order valence-electron chi connectivity index (χ3n) is 3.09. The Kier molecular flexibility index (Phi) is 3.98. The van der Waals surface area contributed by atoms with Gasteiger partial charge in [-0.25, -0.2) is 4.79 Å². The number of hydrogen-bond acceptors (Lipinski definition) is 3. The lowest BCUT2D eigenvalue weighted by molar-refractivity contribution is 0.0931. The number of amides is 1. The van der Waals surface area contributed by atoms with Crippen LogP contribution >= 0.6 is 0 Å². The molecule has 4 heteroatoms. The second kappa shape index (κ2) is 5.68. The van der Waals surface area contributed by atoms with Gasteiger partial charge < -0.3 is 15.4 Å². The molecule has 0 aromatic heterocycles. The fourth-order valence-electron chi connectivity index (χ4n) is 2.12. The number of hydrogen-bond donors (Lipinski definition) is 1. The van der Waals surface area contributed by atoms with Crippen LogP contribution in [0.2, 0.25) is 0 Å². The Hall–Kier alpha value is -1.55. The average molecular weight is 234 g/mol. The molecule has 17 heavy (non-hydrogen) atoms. The molecule has 1 aliphatic rings. The number of benzene rings is 1. The summed E-state index contributed by atoms with van der Waals surface area (Å²) in [5.41, 5.74) is 6.62. The number of rotatable bonds is 3. The minimum atomic E-state index is -0.248. The van der Waals surface area contributed by atoms with E-state index >= 15 is 0 Å². The van der Waals surface area contributed by atoms with Gasteiger partial charge in [-0.3, -0.25) is 0 Å². The zero-order valence-electron chi connectivity index (χ0n) is 9.84. The van der Waals surface area contributed by atoms with Gasteiger partial charge in [-0.15, -0.1) is 0 Å². The van der Waals surface area contributed by atoms with E-state index in [0.717, 1.165) is 24.9 Å². The van der Waals surface area contributed by atoms with E-state index in [0.29, 0.717) is 13.2 Å². The smallest absolute Gasteiger partial charge is 0.410 e. The summed E-state index contributed by atoms with van der Waals surface area (Å²) in [6.07, 6.45) is 1.75. The number of carbonyl (C=O) groups excluding carboxylic acids is 1. The first-order chi connectivity index (χ1) is 8.31. The molecule has 1 aromatic carbocycles. The van der Waals surface area contributed by atoms with Crippen LogP contribution in [0.1, 0.15) is 18.4 Å². The zero-order valence-corrected chi connectivity index (χ0v) is 9.84. The summed E-state index contributed by atoms with van der Waals surface area (Å²) in [7, 11) is 0. The van der Waals surface area contributed by atoms with Crippen LogP contribution in [0.4, 0.5) is 4.79 Å². The zero-order chi connectivity index (χ0) is 12.1.